The van der Waals surface area contributed by atoms with Crippen molar-refractivity contribution in [2.75, 3.05) is 0 Å². The Bertz CT molecular complexity index is 349. The van der Waals surface area contributed by atoms with Crippen molar-refractivity contribution < 1.29 is 9.90 Å². The van der Waals surface area contributed by atoms with Gasteiger partial charge in [-0.25, -0.2) is 0 Å². The van der Waals surface area contributed by atoms with E-state index >= 15 is 0 Å². The maximum absolute atomic E-state index is 10.6. The van der Waals surface area contributed by atoms with Gasteiger partial charge in [-0.3, -0.25) is 4.79 Å². The summed E-state index contributed by atoms with van der Waals surface area (Å²) in [6.45, 7) is 3.95. The smallest absolute Gasteiger partial charge is 0.306 e. The van der Waals surface area contributed by atoms with Gasteiger partial charge in [-0.2, -0.15) is 0 Å². The molecule has 0 aromatic carbocycles. The van der Waals surface area contributed by atoms with E-state index in [9.17, 15) is 4.79 Å². The van der Waals surface area contributed by atoms with Crippen LogP contribution in [-0.2, 0) is 4.79 Å². The molecule has 0 spiro atoms. The fourth-order valence-electron chi connectivity index (χ4n) is 1.64. The van der Waals surface area contributed by atoms with Gasteiger partial charge in [-0.05, 0) is 31.1 Å². The van der Waals surface area contributed by atoms with Crippen molar-refractivity contribution >= 4 is 5.97 Å². The highest BCUT2D eigenvalue weighted by Crippen LogP contribution is 2.08. The Kier molecular flexibility index (Phi) is 12.1. The number of hydrogen-bond donors (Lipinski definition) is 1. The minimum absolute atomic E-state index is 0.240. The fourth-order valence-corrected chi connectivity index (χ4v) is 1.64. The number of carboxylic acids is 1. The van der Waals surface area contributed by atoms with E-state index in [1.54, 1.807) is 6.92 Å². The van der Waals surface area contributed by atoms with Crippen molar-refractivity contribution in [2.45, 2.75) is 71.6 Å². The van der Waals surface area contributed by atoms with E-state index in [-0.39, 0.29) is 5.92 Å². The molecule has 0 bridgehead atoms. The molecule has 0 saturated heterocycles. The Balaban J connectivity index is 3.45. The molecule has 0 radical (unpaired) electrons. The van der Waals surface area contributed by atoms with Crippen LogP contribution < -0.4 is 0 Å². The topological polar surface area (TPSA) is 37.3 Å². The Hall–Kier alpha value is -1.41. The van der Waals surface area contributed by atoms with Gasteiger partial charge in [0.2, 0.25) is 0 Å². The van der Waals surface area contributed by atoms with E-state index in [2.05, 4.69) is 30.6 Å². The predicted molar refractivity (Wildman–Crippen MR) is 79.6 cm³/mol. The molecule has 0 aromatic heterocycles. The molecular formula is C17H26O2. The number of carbonyl (C=O) groups is 1. The van der Waals surface area contributed by atoms with Crippen LogP contribution in [0.3, 0.4) is 0 Å². The van der Waals surface area contributed by atoms with Gasteiger partial charge >= 0.3 is 5.97 Å². The minimum Gasteiger partial charge on any atom is -0.481 e. The van der Waals surface area contributed by atoms with Crippen LogP contribution >= 0.6 is 0 Å². The molecule has 0 saturated carbocycles. The molecule has 2 nitrogen and oxygen atoms in total. The lowest BCUT2D eigenvalue weighted by molar-refractivity contribution is -0.141. The minimum atomic E-state index is -0.708. The molecule has 1 unspecified atom stereocenters. The van der Waals surface area contributed by atoms with E-state index in [0.717, 1.165) is 32.1 Å². The van der Waals surface area contributed by atoms with Crippen molar-refractivity contribution in [3.05, 3.63) is 0 Å². The van der Waals surface area contributed by atoms with Gasteiger partial charge in [0.25, 0.3) is 0 Å². The Labute approximate surface area is 118 Å². The zero-order chi connectivity index (χ0) is 14.3. The molecule has 0 rings (SSSR count). The summed E-state index contributed by atoms with van der Waals surface area (Å²) in [5.41, 5.74) is 0. The van der Waals surface area contributed by atoms with Gasteiger partial charge in [-0.15, -0.1) is 0 Å². The third-order valence-electron chi connectivity index (χ3n) is 3.01. The van der Waals surface area contributed by atoms with Crippen LogP contribution in [0.1, 0.15) is 71.6 Å². The molecule has 0 aliphatic rings. The van der Waals surface area contributed by atoms with E-state index in [4.69, 9.17) is 5.11 Å². The number of carboxylic acid groups (broad SMARTS) is 1. The SMILES string of the molecule is CCCCCCC#CC#CCCCCC(C)C(=O)O. The standard InChI is InChI=1S/C17H26O2/c1-3-4-5-6-7-8-9-10-11-12-13-14-15-16(2)17(18)19/h16H,3-7,12-15H2,1-2H3,(H,18,19). The van der Waals surface area contributed by atoms with Crippen LogP contribution in [0.4, 0.5) is 0 Å². The van der Waals surface area contributed by atoms with Crippen molar-refractivity contribution in [1.82, 2.24) is 0 Å². The maximum Gasteiger partial charge on any atom is 0.306 e. The van der Waals surface area contributed by atoms with Gasteiger partial charge in [0.15, 0.2) is 0 Å². The fraction of sp³-hybridized carbons (Fsp3) is 0.706. The normalized spacial score (nSPS) is 10.8. The summed E-state index contributed by atoms with van der Waals surface area (Å²) < 4.78 is 0. The molecule has 0 heterocycles. The van der Waals surface area contributed by atoms with Crippen LogP contribution in [0, 0.1) is 29.6 Å². The highest BCUT2D eigenvalue weighted by molar-refractivity contribution is 5.69. The molecule has 0 amide bonds. The quantitative estimate of drug-likeness (QED) is 0.498. The van der Waals surface area contributed by atoms with E-state index < -0.39 is 5.97 Å². The van der Waals surface area contributed by atoms with Gasteiger partial charge in [0.05, 0.1) is 5.92 Å². The lowest BCUT2D eigenvalue weighted by atomic mass is 10.0. The first-order valence-electron chi connectivity index (χ1n) is 7.37. The average molecular weight is 262 g/mol. The zero-order valence-electron chi connectivity index (χ0n) is 12.3. The predicted octanol–water partition coefficient (Wildman–Crippen LogP) is 4.24. The van der Waals surface area contributed by atoms with E-state index in [0.29, 0.717) is 0 Å². The Morgan fingerprint density at radius 3 is 2.11 bits per heavy atom. The van der Waals surface area contributed by atoms with Crippen molar-refractivity contribution in [3.63, 3.8) is 0 Å². The second-order valence-corrected chi connectivity index (χ2v) is 4.90. The summed E-state index contributed by atoms with van der Waals surface area (Å²) in [5.74, 6) is 10.9. The van der Waals surface area contributed by atoms with Crippen molar-refractivity contribution in [1.29, 1.82) is 0 Å². The van der Waals surface area contributed by atoms with E-state index in [1.807, 2.05) is 0 Å². The molecule has 2 heteroatoms. The van der Waals surface area contributed by atoms with Gasteiger partial charge < -0.3 is 5.11 Å². The summed E-state index contributed by atoms with van der Waals surface area (Å²) in [6, 6.07) is 0. The number of rotatable bonds is 9. The van der Waals surface area contributed by atoms with E-state index in [1.165, 1.54) is 25.7 Å². The Morgan fingerprint density at radius 1 is 1.00 bits per heavy atom. The maximum atomic E-state index is 10.6. The first-order valence-corrected chi connectivity index (χ1v) is 7.37. The van der Waals surface area contributed by atoms with Gasteiger partial charge in [-0.1, -0.05) is 51.4 Å². The molecule has 19 heavy (non-hydrogen) atoms. The summed E-state index contributed by atoms with van der Waals surface area (Å²) in [5, 5.41) is 8.71. The summed E-state index contributed by atoms with van der Waals surface area (Å²) in [4.78, 5) is 10.6. The van der Waals surface area contributed by atoms with Crippen molar-refractivity contribution in [2.24, 2.45) is 5.92 Å². The third-order valence-corrected chi connectivity index (χ3v) is 3.01. The largest absolute Gasteiger partial charge is 0.481 e. The first-order chi connectivity index (χ1) is 9.18. The second kappa shape index (κ2) is 13.0. The zero-order valence-corrected chi connectivity index (χ0v) is 12.3. The first kappa shape index (κ1) is 17.6. The summed E-state index contributed by atoms with van der Waals surface area (Å²) >= 11 is 0. The molecular weight excluding hydrogens is 236 g/mol. The lowest BCUT2D eigenvalue weighted by Gasteiger charge is -2.03. The summed E-state index contributed by atoms with van der Waals surface area (Å²) in [7, 11) is 0. The van der Waals surface area contributed by atoms with Crippen LogP contribution in [-0.4, -0.2) is 11.1 Å². The monoisotopic (exact) mass is 262 g/mol. The molecule has 0 aromatic rings. The number of hydrogen-bond acceptors (Lipinski definition) is 1. The van der Waals surface area contributed by atoms with Crippen LogP contribution in [0.25, 0.3) is 0 Å². The lowest BCUT2D eigenvalue weighted by Crippen LogP contribution is -2.08. The van der Waals surface area contributed by atoms with Gasteiger partial charge in [0, 0.05) is 12.8 Å². The van der Waals surface area contributed by atoms with Crippen LogP contribution in [0.2, 0.25) is 0 Å². The molecule has 106 valence electrons. The molecule has 1 N–H and O–H groups in total. The van der Waals surface area contributed by atoms with Crippen LogP contribution in [0.5, 0.6) is 0 Å². The van der Waals surface area contributed by atoms with Gasteiger partial charge in [0.1, 0.15) is 0 Å². The second-order valence-electron chi connectivity index (χ2n) is 4.90. The Morgan fingerprint density at radius 2 is 1.58 bits per heavy atom. The van der Waals surface area contributed by atoms with Crippen molar-refractivity contribution in [3.8, 4) is 23.7 Å². The summed E-state index contributed by atoms with van der Waals surface area (Å²) in [6.07, 6.45) is 9.38. The number of aliphatic carboxylic acids is 1. The third kappa shape index (κ3) is 12.8. The average Bonchev–Trinajstić information content (AvgIpc) is 2.39. The molecule has 0 fully saturated rings. The molecule has 1 atom stereocenters. The molecule has 0 aliphatic carbocycles. The highest BCUT2D eigenvalue weighted by Gasteiger charge is 2.08. The number of unbranched alkanes of at least 4 members (excludes halogenated alkanes) is 6. The van der Waals surface area contributed by atoms with Crippen LogP contribution in [0.15, 0.2) is 0 Å². The molecule has 0 aliphatic heterocycles. The highest BCUT2D eigenvalue weighted by atomic mass is 16.4.